The number of aryl methyl sites for hydroxylation is 1. The van der Waals surface area contributed by atoms with E-state index >= 15 is 0 Å². The van der Waals surface area contributed by atoms with Crippen LogP contribution >= 0.6 is 0 Å². The number of para-hydroxylation sites is 2. The number of aromatic nitrogens is 4. The summed E-state index contributed by atoms with van der Waals surface area (Å²) >= 11 is 0. The minimum atomic E-state index is -0.503. The Labute approximate surface area is 136 Å². The predicted octanol–water partition coefficient (Wildman–Crippen LogP) is 3.02. The van der Waals surface area contributed by atoms with E-state index in [2.05, 4.69) is 10.2 Å². The van der Waals surface area contributed by atoms with Crippen molar-refractivity contribution in [3.05, 3.63) is 82.7 Å². The molecule has 24 heavy (non-hydrogen) atoms. The molecule has 0 radical (unpaired) electrons. The first-order valence-corrected chi connectivity index (χ1v) is 7.45. The molecule has 2 heterocycles. The minimum absolute atomic E-state index is 0.119. The van der Waals surface area contributed by atoms with Crippen LogP contribution in [0.4, 0.5) is 4.39 Å². The van der Waals surface area contributed by atoms with Crippen LogP contribution in [0.15, 0.2) is 65.6 Å². The second kappa shape index (κ2) is 5.42. The van der Waals surface area contributed by atoms with Crippen LogP contribution in [0.1, 0.15) is 5.69 Å². The summed E-state index contributed by atoms with van der Waals surface area (Å²) in [5, 5.41) is 9.21. The van der Waals surface area contributed by atoms with Gasteiger partial charge in [-0.2, -0.15) is 14.9 Å². The normalized spacial score (nSPS) is 11.1. The monoisotopic (exact) mass is 320 g/mol. The molecule has 0 spiro atoms. The van der Waals surface area contributed by atoms with E-state index in [9.17, 15) is 9.18 Å². The molecule has 0 fully saturated rings. The highest BCUT2D eigenvalue weighted by Gasteiger charge is 2.17. The van der Waals surface area contributed by atoms with E-state index in [4.69, 9.17) is 0 Å². The molecule has 0 saturated carbocycles. The van der Waals surface area contributed by atoms with E-state index in [1.54, 1.807) is 29.9 Å². The summed E-state index contributed by atoms with van der Waals surface area (Å²) in [6.45, 7) is 1.77. The SMILES string of the molecule is Cc1nn(-c2ccccc2F)c(=O)c2c1cnn2-c1ccccc1. The van der Waals surface area contributed by atoms with Gasteiger partial charge in [0.2, 0.25) is 0 Å². The Balaban J connectivity index is 2.08. The van der Waals surface area contributed by atoms with Gasteiger partial charge < -0.3 is 0 Å². The van der Waals surface area contributed by atoms with Crippen molar-refractivity contribution in [1.82, 2.24) is 19.6 Å². The topological polar surface area (TPSA) is 52.7 Å². The maximum absolute atomic E-state index is 14.1. The molecule has 2 aromatic heterocycles. The van der Waals surface area contributed by atoms with Crippen LogP contribution in [-0.4, -0.2) is 19.6 Å². The zero-order chi connectivity index (χ0) is 16.7. The molecule has 4 aromatic rings. The van der Waals surface area contributed by atoms with Gasteiger partial charge >= 0.3 is 0 Å². The van der Waals surface area contributed by atoms with Gasteiger partial charge in [0.1, 0.15) is 17.0 Å². The number of benzene rings is 2. The fraction of sp³-hybridized carbons (Fsp3) is 0.0556. The van der Waals surface area contributed by atoms with E-state index < -0.39 is 11.4 Å². The van der Waals surface area contributed by atoms with Crippen LogP contribution in [0.2, 0.25) is 0 Å². The third kappa shape index (κ3) is 2.11. The molecule has 0 atom stereocenters. The Hall–Kier alpha value is -3.28. The van der Waals surface area contributed by atoms with Gasteiger partial charge in [-0.1, -0.05) is 30.3 Å². The third-order valence-corrected chi connectivity index (χ3v) is 3.89. The van der Waals surface area contributed by atoms with Gasteiger partial charge in [-0.15, -0.1) is 0 Å². The lowest BCUT2D eigenvalue weighted by molar-refractivity contribution is 0.605. The number of hydrogen-bond donors (Lipinski definition) is 0. The summed E-state index contributed by atoms with van der Waals surface area (Å²) in [5.41, 5.74) is 1.44. The highest BCUT2D eigenvalue weighted by atomic mass is 19.1. The molecule has 0 bridgehead atoms. The van der Waals surface area contributed by atoms with Crippen molar-refractivity contribution in [2.45, 2.75) is 6.92 Å². The smallest absolute Gasteiger partial charge is 0.265 e. The zero-order valence-electron chi connectivity index (χ0n) is 12.8. The summed E-state index contributed by atoms with van der Waals surface area (Å²) in [6.07, 6.45) is 1.61. The average molecular weight is 320 g/mol. The molecule has 118 valence electrons. The lowest BCUT2D eigenvalue weighted by Gasteiger charge is -2.09. The van der Waals surface area contributed by atoms with E-state index in [0.29, 0.717) is 16.6 Å². The van der Waals surface area contributed by atoms with Crippen molar-refractivity contribution < 1.29 is 4.39 Å². The number of fused-ring (bicyclic) bond motifs is 1. The molecule has 0 aliphatic carbocycles. The minimum Gasteiger partial charge on any atom is -0.265 e. The summed E-state index contributed by atoms with van der Waals surface area (Å²) in [5.74, 6) is -0.503. The van der Waals surface area contributed by atoms with Crippen LogP contribution in [0.5, 0.6) is 0 Å². The molecule has 0 saturated heterocycles. The number of hydrogen-bond acceptors (Lipinski definition) is 3. The quantitative estimate of drug-likeness (QED) is 0.570. The number of halogens is 1. The lowest BCUT2D eigenvalue weighted by atomic mass is 10.2. The van der Waals surface area contributed by atoms with Crippen molar-refractivity contribution in [3.8, 4) is 11.4 Å². The van der Waals surface area contributed by atoms with Gasteiger partial charge in [-0.3, -0.25) is 4.79 Å². The summed E-state index contributed by atoms with van der Waals surface area (Å²) in [6, 6.07) is 15.4. The molecule has 0 aliphatic heterocycles. The van der Waals surface area contributed by atoms with Gasteiger partial charge in [0.25, 0.3) is 5.56 Å². The Bertz CT molecular complexity index is 1100. The Morgan fingerprint density at radius 3 is 2.42 bits per heavy atom. The highest BCUT2D eigenvalue weighted by Crippen LogP contribution is 2.18. The Kier molecular flexibility index (Phi) is 3.23. The lowest BCUT2D eigenvalue weighted by Crippen LogP contribution is -2.24. The Morgan fingerprint density at radius 2 is 1.67 bits per heavy atom. The predicted molar refractivity (Wildman–Crippen MR) is 89.2 cm³/mol. The van der Waals surface area contributed by atoms with E-state index in [0.717, 1.165) is 10.4 Å². The zero-order valence-corrected chi connectivity index (χ0v) is 12.8. The van der Waals surface area contributed by atoms with Gasteiger partial charge in [-0.05, 0) is 31.2 Å². The Morgan fingerprint density at radius 1 is 0.958 bits per heavy atom. The molecule has 0 unspecified atom stereocenters. The highest BCUT2D eigenvalue weighted by molar-refractivity contribution is 5.81. The van der Waals surface area contributed by atoms with Crippen LogP contribution in [-0.2, 0) is 0 Å². The van der Waals surface area contributed by atoms with E-state index in [-0.39, 0.29) is 5.69 Å². The maximum Gasteiger partial charge on any atom is 0.298 e. The van der Waals surface area contributed by atoms with E-state index in [1.807, 2.05) is 30.3 Å². The number of nitrogens with zero attached hydrogens (tertiary/aromatic N) is 4. The first kappa shape index (κ1) is 14.3. The molecule has 4 rings (SSSR count). The van der Waals surface area contributed by atoms with Crippen LogP contribution in [0.3, 0.4) is 0 Å². The van der Waals surface area contributed by atoms with Gasteiger partial charge in [-0.25, -0.2) is 9.07 Å². The van der Waals surface area contributed by atoms with Crippen LogP contribution in [0.25, 0.3) is 22.3 Å². The van der Waals surface area contributed by atoms with Crippen molar-refractivity contribution in [2.75, 3.05) is 0 Å². The average Bonchev–Trinajstić information content (AvgIpc) is 3.05. The molecular formula is C18H13FN4O. The molecule has 2 aromatic carbocycles. The molecule has 6 heteroatoms. The fourth-order valence-electron chi connectivity index (χ4n) is 2.72. The molecule has 0 amide bonds. The molecule has 0 N–H and O–H groups in total. The summed E-state index contributed by atoms with van der Waals surface area (Å²) in [7, 11) is 0. The second-order valence-electron chi connectivity index (χ2n) is 5.41. The van der Waals surface area contributed by atoms with Gasteiger partial charge in [0, 0.05) is 5.39 Å². The third-order valence-electron chi connectivity index (χ3n) is 3.89. The number of rotatable bonds is 2. The van der Waals surface area contributed by atoms with Crippen LogP contribution in [0, 0.1) is 12.7 Å². The van der Waals surface area contributed by atoms with Crippen molar-refractivity contribution in [1.29, 1.82) is 0 Å². The summed E-state index contributed by atoms with van der Waals surface area (Å²) < 4.78 is 16.8. The molecule has 5 nitrogen and oxygen atoms in total. The van der Waals surface area contributed by atoms with Crippen LogP contribution < -0.4 is 5.56 Å². The maximum atomic E-state index is 14.1. The van der Waals surface area contributed by atoms with E-state index in [1.165, 1.54) is 12.1 Å². The van der Waals surface area contributed by atoms with Gasteiger partial charge in [0.05, 0.1) is 17.6 Å². The largest absolute Gasteiger partial charge is 0.298 e. The van der Waals surface area contributed by atoms with Crippen molar-refractivity contribution in [2.24, 2.45) is 0 Å². The van der Waals surface area contributed by atoms with Crippen molar-refractivity contribution >= 4 is 10.9 Å². The first-order chi connectivity index (χ1) is 11.7. The first-order valence-electron chi connectivity index (χ1n) is 7.45. The summed E-state index contributed by atoms with van der Waals surface area (Å²) in [4.78, 5) is 13.0. The molecular weight excluding hydrogens is 307 g/mol. The van der Waals surface area contributed by atoms with Gasteiger partial charge in [0.15, 0.2) is 0 Å². The molecule has 0 aliphatic rings. The van der Waals surface area contributed by atoms with Crippen molar-refractivity contribution in [3.63, 3.8) is 0 Å². The standard InChI is InChI=1S/C18H13FN4O/c1-12-14-11-20-22(13-7-3-2-4-8-13)17(14)18(24)23(21-12)16-10-6-5-9-15(16)19/h2-11H,1H3. The fourth-order valence-corrected chi connectivity index (χ4v) is 2.72. The second-order valence-corrected chi connectivity index (χ2v) is 5.41.